The Morgan fingerprint density at radius 3 is 2.49 bits per heavy atom. The molecule has 3 aromatic carbocycles. The molecule has 1 heterocycles. The summed E-state index contributed by atoms with van der Waals surface area (Å²) in [5, 5.41) is 24.0. The topological polar surface area (TPSA) is 125 Å². The molecular weight excluding hydrogens is 516 g/mol. The highest BCUT2D eigenvalue weighted by molar-refractivity contribution is 7.99. The van der Waals surface area contributed by atoms with E-state index in [1.807, 2.05) is 66.1 Å². The van der Waals surface area contributed by atoms with Crippen molar-refractivity contribution in [2.24, 2.45) is 5.10 Å². The summed E-state index contributed by atoms with van der Waals surface area (Å²) in [5.41, 5.74) is 5.94. The van der Waals surface area contributed by atoms with Crippen LogP contribution in [0.15, 0.2) is 101 Å². The number of rotatable bonds is 12. The summed E-state index contributed by atoms with van der Waals surface area (Å²) in [7, 11) is 0. The van der Waals surface area contributed by atoms with E-state index in [2.05, 4.69) is 27.3 Å². The molecule has 0 aliphatic rings. The van der Waals surface area contributed by atoms with Crippen LogP contribution in [-0.4, -0.2) is 37.6 Å². The molecule has 4 rings (SSSR count). The standard InChI is InChI=1S/C28H26N6O4S/c1-20(2)17-33-27(23-10-12-24(13-11-23)34(36)37)31-32-28(33)39-19-26(35)30-29-16-21-8-14-25(15-9-21)38-18-22-6-4-3-5-7-22/h3-16H,1,17-19H2,2H3,(H,30,35). The Labute approximate surface area is 229 Å². The number of non-ortho nitro benzene ring substituents is 1. The van der Waals surface area contributed by atoms with E-state index in [9.17, 15) is 14.9 Å². The summed E-state index contributed by atoms with van der Waals surface area (Å²) < 4.78 is 7.61. The SMILES string of the molecule is C=C(C)Cn1c(SCC(=O)NN=Cc2ccc(OCc3ccccc3)cc2)nnc1-c1ccc([N+](=O)[O-])cc1. The number of nitro benzene ring substituents is 1. The number of benzene rings is 3. The molecule has 0 atom stereocenters. The summed E-state index contributed by atoms with van der Waals surface area (Å²) in [6, 6.07) is 23.4. The molecular formula is C28H26N6O4S. The van der Waals surface area contributed by atoms with Crippen molar-refractivity contribution in [3.8, 4) is 17.1 Å². The Morgan fingerprint density at radius 1 is 1.10 bits per heavy atom. The number of aromatic nitrogens is 3. The van der Waals surface area contributed by atoms with E-state index in [-0.39, 0.29) is 17.3 Å². The highest BCUT2D eigenvalue weighted by atomic mass is 32.2. The smallest absolute Gasteiger partial charge is 0.269 e. The molecule has 10 nitrogen and oxygen atoms in total. The van der Waals surface area contributed by atoms with Gasteiger partial charge in [0.15, 0.2) is 11.0 Å². The number of hydrogen-bond donors (Lipinski definition) is 1. The van der Waals surface area contributed by atoms with Gasteiger partial charge in [0.2, 0.25) is 0 Å². The summed E-state index contributed by atoms with van der Waals surface area (Å²) in [6.45, 7) is 6.75. The number of nitro groups is 1. The minimum atomic E-state index is -0.457. The zero-order chi connectivity index (χ0) is 27.6. The van der Waals surface area contributed by atoms with Crippen molar-refractivity contribution in [1.82, 2.24) is 20.2 Å². The Hall–Kier alpha value is -4.77. The van der Waals surface area contributed by atoms with Crippen LogP contribution in [0.25, 0.3) is 11.4 Å². The van der Waals surface area contributed by atoms with E-state index in [1.165, 1.54) is 23.9 Å². The predicted octanol–water partition coefficient (Wildman–Crippen LogP) is 5.25. The number of carbonyl (C=O) groups is 1. The molecule has 0 unspecified atom stereocenters. The van der Waals surface area contributed by atoms with Gasteiger partial charge >= 0.3 is 0 Å². The number of thioether (sulfide) groups is 1. The number of nitrogens with zero attached hydrogens (tertiary/aromatic N) is 5. The van der Waals surface area contributed by atoms with Gasteiger partial charge in [0.05, 0.1) is 16.9 Å². The summed E-state index contributed by atoms with van der Waals surface area (Å²) in [4.78, 5) is 22.9. The first kappa shape index (κ1) is 27.3. The van der Waals surface area contributed by atoms with E-state index in [0.717, 1.165) is 22.4 Å². The number of nitrogens with one attached hydrogen (secondary N) is 1. The zero-order valence-corrected chi connectivity index (χ0v) is 22.0. The van der Waals surface area contributed by atoms with E-state index < -0.39 is 4.92 Å². The minimum Gasteiger partial charge on any atom is -0.489 e. The van der Waals surface area contributed by atoms with Crippen LogP contribution in [-0.2, 0) is 17.9 Å². The highest BCUT2D eigenvalue weighted by Crippen LogP contribution is 2.26. The second-order valence-corrected chi connectivity index (χ2v) is 9.52. The molecule has 39 heavy (non-hydrogen) atoms. The van der Waals surface area contributed by atoms with Crippen LogP contribution in [0.5, 0.6) is 5.75 Å². The third-order valence-electron chi connectivity index (χ3n) is 5.34. The van der Waals surface area contributed by atoms with Crippen LogP contribution < -0.4 is 10.2 Å². The van der Waals surface area contributed by atoms with Crippen molar-refractivity contribution in [2.45, 2.75) is 25.2 Å². The molecule has 1 amide bonds. The fraction of sp³-hybridized carbons (Fsp3) is 0.143. The summed E-state index contributed by atoms with van der Waals surface area (Å²) in [5.74, 6) is 1.03. The van der Waals surface area contributed by atoms with Crippen molar-refractivity contribution in [1.29, 1.82) is 0 Å². The average molecular weight is 543 g/mol. The maximum atomic E-state index is 12.4. The maximum Gasteiger partial charge on any atom is 0.269 e. The van der Waals surface area contributed by atoms with E-state index >= 15 is 0 Å². The molecule has 0 saturated carbocycles. The summed E-state index contributed by atoms with van der Waals surface area (Å²) >= 11 is 1.21. The Balaban J connectivity index is 1.31. The van der Waals surface area contributed by atoms with Crippen molar-refractivity contribution >= 4 is 29.6 Å². The van der Waals surface area contributed by atoms with Gasteiger partial charge < -0.3 is 4.74 Å². The molecule has 0 bridgehead atoms. The van der Waals surface area contributed by atoms with Crippen LogP contribution in [0.3, 0.4) is 0 Å². The van der Waals surface area contributed by atoms with Gasteiger partial charge in [0.1, 0.15) is 12.4 Å². The van der Waals surface area contributed by atoms with Gasteiger partial charge in [-0.2, -0.15) is 5.10 Å². The van der Waals surface area contributed by atoms with Gasteiger partial charge in [0, 0.05) is 24.2 Å². The lowest BCUT2D eigenvalue weighted by Crippen LogP contribution is -2.20. The van der Waals surface area contributed by atoms with Crippen LogP contribution in [0, 0.1) is 10.1 Å². The van der Waals surface area contributed by atoms with E-state index in [4.69, 9.17) is 4.74 Å². The second kappa shape index (κ2) is 13.2. The van der Waals surface area contributed by atoms with E-state index in [0.29, 0.717) is 29.7 Å². The number of ether oxygens (including phenoxy) is 1. The molecule has 0 fully saturated rings. The molecule has 0 saturated heterocycles. The molecule has 0 aliphatic carbocycles. The first-order chi connectivity index (χ1) is 18.9. The molecule has 0 aliphatic heterocycles. The van der Waals surface area contributed by atoms with E-state index in [1.54, 1.807) is 18.3 Å². The molecule has 0 spiro atoms. The number of hydrogen-bond acceptors (Lipinski definition) is 8. The Morgan fingerprint density at radius 2 is 1.82 bits per heavy atom. The van der Waals surface area contributed by atoms with Crippen molar-refractivity contribution in [3.05, 3.63) is 112 Å². The molecule has 11 heteroatoms. The van der Waals surface area contributed by atoms with Gasteiger partial charge in [-0.1, -0.05) is 54.2 Å². The fourth-order valence-corrected chi connectivity index (χ4v) is 4.22. The molecule has 1 N–H and O–H groups in total. The molecule has 0 radical (unpaired) electrons. The third-order valence-corrected chi connectivity index (χ3v) is 6.31. The second-order valence-electron chi connectivity index (χ2n) is 8.58. The highest BCUT2D eigenvalue weighted by Gasteiger charge is 2.17. The number of carbonyl (C=O) groups excluding carboxylic acids is 1. The number of hydrazone groups is 1. The van der Waals surface area contributed by atoms with Crippen LogP contribution in [0.4, 0.5) is 5.69 Å². The van der Waals surface area contributed by atoms with Crippen molar-refractivity contribution < 1.29 is 14.5 Å². The zero-order valence-electron chi connectivity index (χ0n) is 21.2. The van der Waals surface area contributed by atoms with Crippen LogP contribution >= 0.6 is 11.8 Å². The van der Waals surface area contributed by atoms with Gasteiger partial charge in [-0.15, -0.1) is 10.2 Å². The molecule has 1 aromatic heterocycles. The first-order valence-electron chi connectivity index (χ1n) is 11.9. The van der Waals surface area contributed by atoms with Gasteiger partial charge in [-0.05, 0) is 54.4 Å². The predicted molar refractivity (Wildman–Crippen MR) is 151 cm³/mol. The fourth-order valence-electron chi connectivity index (χ4n) is 3.49. The Bertz CT molecular complexity index is 1470. The monoisotopic (exact) mass is 542 g/mol. The Kier molecular flexibility index (Phi) is 9.20. The average Bonchev–Trinajstić information content (AvgIpc) is 3.33. The van der Waals surface area contributed by atoms with Gasteiger partial charge in [-0.25, -0.2) is 5.43 Å². The molecule has 4 aromatic rings. The third kappa shape index (κ3) is 7.86. The lowest BCUT2D eigenvalue weighted by atomic mass is 10.2. The normalized spacial score (nSPS) is 10.9. The molecule has 198 valence electrons. The summed E-state index contributed by atoms with van der Waals surface area (Å²) in [6.07, 6.45) is 1.56. The lowest BCUT2D eigenvalue weighted by molar-refractivity contribution is -0.384. The lowest BCUT2D eigenvalue weighted by Gasteiger charge is -2.10. The van der Waals surface area contributed by atoms with Crippen LogP contribution in [0.2, 0.25) is 0 Å². The quantitative estimate of drug-likeness (QED) is 0.0852. The maximum absolute atomic E-state index is 12.4. The van der Waals surface area contributed by atoms with Gasteiger partial charge in [0.25, 0.3) is 11.6 Å². The van der Waals surface area contributed by atoms with Crippen LogP contribution in [0.1, 0.15) is 18.1 Å². The van der Waals surface area contributed by atoms with Crippen molar-refractivity contribution in [2.75, 3.05) is 5.75 Å². The minimum absolute atomic E-state index is 0.0103. The first-order valence-corrected chi connectivity index (χ1v) is 12.9. The largest absolute Gasteiger partial charge is 0.489 e. The number of allylic oxidation sites excluding steroid dienone is 1. The number of amides is 1. The van der Waals surface area contributed by atoms with Gasteiger partial charge in [-0.3, -0.25) is 19.5 Å². The van der Waals surface area contributed by atoms with Crippen molar-refractivity contribution in [3.63, 3.8) is 0 Å².